The van der Waals surface area contributed by atoms with Gasteiger partial charge in [-0.15, -0.1) is 0 Å². The molecule has 1 saturated carbocycles. The summed E-state index contributed by atoms with van der Waals surface area (Å²) < 4.78 is 17.1. The number of carbonyl (C=O) groups excluding carboxylic acids is 1. The van der Waals surface area contributed by atoms with Gasteiger partial charge in [-0.05, 0) is 49.8 Å². The van der Waals surface area contributed by atoms with Crippen molar-refractivity contribution >= 4 is 5.91 Å². The van der Waals surface area contributed by atoms with Crippen LogP contribution >= 0.6 is 0 Å². The third kappa shape index (κ3) is 5.44. The Labute approximate surface area is 150 Å². The van der Waals surface area contributed by atoms with E-state index in [9.17, 15) is 4.79 Å². The molecule has 0 aromatic heterocycles. The number of aryl methyl sites for hydroxylation is 1. The summed E-state index contributed by atoms with van der Waals surface area (Å²) in [5.74, 6) is 1.01. The normalized spacial score (nSPS) is 25.9. The first kappa shape index (κ1) is 18.2. The number of benzene rings is 1. The summed E-state index contributed by atoms with van der Waals surface area (Å²) in [5.41, 5.74) is 1.16. The van der Waals surface area contributed by atoms with E-state index in [4.69, 9.17) is 14.2 Å². The molecule has 0 bridgehead atoms. The first-order valence-electron chi connectivity index (χ1n) is 9.49. The zero-order chi connectivity index (χ0) is 17.5. The van der Waals surface area contributed by atoms with Crippen molar-refractivity contribution in [1.82, 2.24) is 5.32 Å². The molecule has 2 aliphatic rings. The third-order valence-corrected chi connectivity index (χ3v) is 4.88. The topological polar surface area (TPSA) is 56.8 Å². The van der Waals surface area contributed by atoms with Gasteiger partial charge in [-0.1, -0.05) is 19.1 Å². The van der Waals surface area contributed by atoms with Crippen molar-refractivity contribution in [3.05, 3.63) is 29.8 Å². The molecule has 3 atom stereocenters. The SMILES string of the molecule is CCCOc1ccc(CCC(=O)NC2CCC3OCCOC3C2)cc1. The number of hydrogen-bond donors (Lipinski definition) is 1. The molecular weight excluding hydrogens is 318 g/mol. The maximum atomic E-state index is 12.2. The third-order valence-electron chi connectivity index (χ3n) is 4.88. The molecule has 1 aliphatic heterocycles. The number of nitrogens with one attached hydrogen (secondary N) is 1. The lowest BCUT2D eigenvalue weighted by atomic mass is 9.89. The van der Waals surface area contributed by atoms with E-state index < -0.39 is 0 Å². The summed E-state index contributed by atoms with van der Waals surface area (Å²) >= 11 is 0. The van der Waals surface area contributed by atoms with Gasteiger partial charge in [0.25, 0.3) is 0 Å². The quantitative estimate of drug-likeness (QED) is 0.824. The molecule has 1 aromatic carbocycles. The fraction of sp³-hybridized carbons (Fsp3) is 0.650. The second-order valence-corrected chi connectivity index (χ2v) is 6.89. The summed E-state index contributed by atoms with van der Waals surface area (Å²) in [5, 5.41) is 3.16. The van der Waals surface area contributed by atoms with E-state index in [0.29, 0.717) is 19.6 Å². The Morgan fingerprint density at radius 3 is 2.68 bits per heavy atom. The number of amides is 1. The highest BCUT2D eigenvalue weighted by atomic mass is 16.6. The molecular formula is C20H29NO4. The van der Waals surface area contributed by atoms with Crippen molar-refractivity contribution in [2.24, 2.45) is 0 Å². The highest BCUT2D eigenvalue weighted by Gasteiger charge is 2.34. The van der Waals surface area contributed by atoms with E-state index in [1.807, 2.05) is 24.3 Å². The highest BCUT2D eigenvalue weighted by molar-refractivity contribution is 5.76. The van der Waals surface area contributed by atoms with Crippen LogP contribution in [0.5, 0.6) is 5.75 Å². The molecule has 1 saturated heterocycles. The molecule has 1 amide bonds. The Hall–Kier alpha value is -1.59. The second-order valence-electron chi connectivity index (χ2n) is 6.89. The molecule has 138 valence electrons. The maximum Gasteiger partial charge on any atom is 0.220 e. The molecule has 1 N–H and O–H groups in total. The van der Waals surface area contributed by atoms with Gasteiger partial charge in [0, 0.05) is 12.5 Å². The molecule has 3 unspecified atom stereocenters. The minimum Gasteiger partial charge on any atom is -0.494 e. The molecule has 1 aliphatic carbocycles. The Morgan fingerprint density at radius 2 is 1.92 bits per heavy atom. The lowest BCUT2D eigenvalue weighted by molar-refractivity contribution is -0.158. The summed E-state index contributed by atoms with van der Waals surface area (Å²) in [6.45, 7) is 4.19. The van der Waals surface area contributed by atoms with Crippen molar-refractivity contribution in [3.8, 4) is 5.75 Å². The van der Waals surface area contributed by atoms with Crippen LogP contribution in [0.25, 0.3) is 0 Å². The molecule has 5 nitrogen and oxygen atoms in total. The molecule has 0 radical (unpaired) electrons. The second kappa shape index (κ2) is 9.20. The van der Waals surface area contributed by atoms with Crippen LogP contribution in [0.4, 0.5) is 0 Å². The number of fused-ring (bicyclic) bond motifs is 1. The predicted molar refractivity (Wildman–Crippen MR) is 95.8 cm³/mol. The standard InChI is InChI=1S/C20H29NO4/c1-2-11-23-17-7-3-15(4-8-17)5-10-20(22)21-16-6-9-18-19(14-16)25-13-12-24-18/h3-4,7-8,16,18-19H,2,5-6,9-14H2,1H3,(H,21,22). The maximum absolute atomic E-state index is 12.2. The van der Waals surface area contributed by atoms with Crippen LogP contribution in [0.2, 0.25) is 0 Å². The van der Waals surface area contributed by atoms with Gasteiger partial charge in [-0.25, -0.2) is 0 Å². The summed E-state index contributed by atoms with van der Waals surface area (Å²) in [6.07, 6.45) is 5.42. The minimum atomic E-state index is 0.117. The number of carbonyl (C=O) groups is 1. The monoisotopic (exact) mass is 347 g/mol. The van der Waals surface area contributed by atoms with Crippen molar-refractivity contribution in [1.29, 1.82) is 0 Å². The Balaban J connectivity index is 1.39. The van der Waals surface area contributed by atoms with E-state index in [1.165, 1.54) is 0 Å². The van der Waals surface area contributed by atoms with Crippen LogP contribution in [0, 0.1) is 0 Å². The lowest BCUT2D eigenvalue weighted by Gasteiger charge is -2.39. The van der Waals surface area contributed by atoms with Crippen LogP contribution in [0.3, 0.4) is 0 Å². The lowest BCUT2D eigenvalue weighted by Crippen LogP contribution is -2.49. The van der Waals surface area contributed by atoms with Crippen molar-refractivity contribution < 1.29 is 19.0 Å². The Bertz CT molecular complexity index is 545. The summed E-state index contributed by atoms with van der Waals surface area (Å²) in [4.78, 5) is 12.2. The van der Waals surface area contributed by atoms with E-state index >= 15 is 0 Å². The number of ether oxygens (including phenoxy) is 3. The smallest absolute Gasteiger partial charge is 0.220 e. The average molecular weight is 347 g/mol. The average Bonchev–Trinajstić information content (AvgIpc) is 2.65. The van der Waals surface area contributed by atoms with Crippen LogP contribution in [-0.4, -0.2) is 44.0 Å². The van der Waals surface area contributed by atoms with Gasteiger partial charge in [0.15, 0.2) is 0 Å². The van der Waals surface area contributed by atoms with Gasteiger partial charge >= 0.3 is 0 Å². The van der Waals surface area contributed by atoms with Gasteiger partial charge in [-0.3, -0.25) is 4.79 Å². The minimum absolute atomic E-state index is 0.117. The molecule has 25 heavy (non-hydrogen) atoms. The molecule has 5 heteroatoms. The van der Waals surface area contributed by atoms with Crippen LogP contribution in [-0.2, 0) is 20.7 Å². The predicted octanol–water partition coefficient (Wildman–Crippen LogP) is 2.86. The summed E-state index contributed by atoms with van der Waals surface area (Å²) in [7, 11) is 0. The largest absolute Gasteiger partial charge is 0.494 e. The number of rotatable bonds is 7. The summed E-state index contributed by atoms with van der Waals surface area (Å²) in [6, 6.07) is 8.24. The molecule has 3 rings (SSSR count). The van der Waals surface area contributed by atoms with Crippen LogP contribution in [0.1, 0.15) is 44.6 Å². The first-order valence-corrected chi connectivity index (χ1v) is 9.49. The van der Waals surface area contributed by atoms with Gasteiger partial charge in [0.1, 0.15) is 5.75 Å². The van der Waals surface area contributed by atoms with Gasteiger partial charge < -0.3 is 19.5 Å². The van der Waals surface area contributed by atoms with Crippen molar-refractivity contribution in [2.75, 3.05) is 19.8 Å². The van der Waals surface area contributed by atoms with Crippen molar-refractivity contribution in [3.63, 3.8) is 0 Å². The van der Waals surface area contributed by atoms with Gasteiger partial charge in [0.05, 0.1) is 32.0 Å². The number of hydrogen-bond acceptors (Lipinski definition) is 4. The Kier molecular flexibility index (Phi) is 6.70. The molecule has 1 heterocycles. The van der Waals surface area contributed by atoms with Gasteiger partial charge in [0.2, 0.25) is 5.91 Å². The fourth-order valence-corrected chi connectivity index (χ4v) is 3.53. The first-order chi connectivity index (χ1) is 12.2. The van der Waals surface area contributed by atoms with Crippen molar-refractivity contribution in [2.45, 2.75) is 63.7 Å². The van der Waals surface area contributed by atoms with E-state index in [1.54, 1.807) is 0 Å². The van der Waals surface area contributed by atoms with Crippen LogP contribution < -0.4 is 10.1 Å². The zero-order valence-electron chi connectivity index (χ0n) is 15.0. The highest BCUT2D eigenvalue weighted by Crippen LogP contribution is 2.26. The van der Waals surface area contributed by atoms with E-state index in [2.05, 4.69) is 12.2 Å². The Morgan fingerprint density at radius 1 is 1.16 bits per heavy atom. The zero-order valence-corrected chi connectivity index (χ0v) is 15.0. The molecule has 2 fully saturated rings. The molecule has 1 aromatic rings. The molecule has 0 spiro atoms. The van der Waals surface area contributed by atoms with E-state index in [-0.39, 0.29) is 24.2 Å². The fourth-order valence-electron chi connectivity index (χ4n) is 3.53. The van der Waals surface area contributed by atoms with Crippen LogP contribution in [0.15, 0.2) is 24.3 Å². The van der Waals surface area contributed by atoms with Gasteiger partial charge in [-0.2, -0.15) is 0 Å². The van der Waals surface area contributed by atoms with E-state index in [0.717, 1.165) is 50.0 Å².